The van der Waals surface area contributed by atoms with Crippen molar-refractivity contribution in [2.45, 2.75) is 19.3 Å². The molecule has 1 saturated carbocycles. The van der Waals surface area contributed by atoms with Crippen LogP contribution in [0.1, 0.15) is 29.6 Å². The van der Waals surface area contributed by atoms with Crippen molar-refractivity contribution in [1.82, 2.24) is 4.98 Å². The zero-order chi connectivity index (χ0) is 18.7. The summed E-state index contributed by atoms with van der Waals surface area (Å²) in [5.74, 6) is -0.560. The van der Waals surface area contributed by atoms with Crippen molar-refractivity contribution in [2.24, 2.45) is 5.92 Å². The first-order valence-corrected chi connectivity index (χ1v) is 9.77. The van der Waals surface area contributed by atoms with Gasteiger partial charge in [-0.3, -0.25) is 9.52 Å². The summed E-state index contributed by atoms with van der Waals surface area (Å²) in [6.45, 7) is 0. The maximum absolute atomic E-state index is 12.3. The summed E-state index contributed by atoms with van der Waals surface area (Å²) in [7, 11) is -3.51. The number of hydrogen-bond donors (Lipinski definition) is 4. The van der Waals surface area contributed by atoms with Crippen LogP contribution in [0.2, 0.25) is 0 Å². The Morgan fingerprint density at radius 3 is 2.62 bits per heavy atom. The molecule has 1 aliphatic carbocycles. The van der Waals surface area contributed by atoms with Crippen molar-refractivity contribution >= 4 is 27.4 Å². The van der Waals surface area contributed by atoms with E-state index in [-0.39, 0.29) is 34.3 Å². The van der Waals surface area contributed by atoms with Gasteiger partial charge in [0.05, 0.1) is 5.75 Å². The number of sulfonamides is 1. The SMILES string of the molecule is O=C(Nc1ccc(O)c(O)c1)c1ccnc(NS(=O)(=O)CCC2CC2)c1. The minimum Gasteiger partial charge on any atom is -0.504 e. The van der Waals surface area contributed by atoms with Crippen molar-refractivity contribution in [3.63, 3.8) is 0 Å². The molecule has 0 saturated heterocycles. The van der Waals surface area contributed by atoms with E-state index in [0.29, 0.717) is 12.3 Å². The van der Waals surface area contributed by atoms with Gasteiger partial charge in [0.2, 0.25) is 10.0 Å². The molecule has 1 aromatic carbocycles. The Morgan fingerprint density at radius 2 is 1.92 bits per heavy atom. The number of nitrogens with zero attached hydrogens (tertiary/aromatic N) is 1. The van der Waals surface area contributed by atoms with Crippen LogP contribution in [-0.2, 0) is 10.0 Å². The van der Waals surface area contributed by atoms with Crippen LogP contribution in [0.15, 0.2) is 36.5 Å². The highest BCUT2D eigenvalue weighted by Crippen LogP contribution is 2.32. The number of nitrogens with one attached hydrogen (secondary N) is 2. The largest absolute Gasteiger partial charge is 0.504 e. The van der Waals surface area contributed by atoms with Gasteiger partial charge in [-0.2, -0.15) is 0 Å². The molecule has 9 heteroatoms. The molecule has 138 valence electrons. The molecule has 1 amide bonds. The lowest BCUT2D eigenvalue weighted by atomic mass is 10.2. The summed E-state index contributed by atoms with van der Waals surface area (Å²) in [4.78, 5) is 16.2. The van der Waals surface area contributed by atoms with Crippen LogP contribution in [-0.4, -0.2) is 35.3 Å². The second-order valence-corrected chi connectivity index (χ2v) is 8.08. The number of phenols is 2. The average molecular weight is 377 g/mol. The Balaban J connectivity index is 1.67. The topological polar surface area (TPSA) is 129 Å². The number of pyridine rings is 1. The fourth-order valence-corrected chi connectivity index (χ4v) is 3.55. The second-order valence-electron chi connectivity index (χ2n) is 6.24. The lowest BCUT2D eigenvalue weighted by Crippen LogP contribution is -2.19. The Bertz CT molecular complexity index is 926. The summed E-state index contributed by atoms with van der Waals surface area (Å²) in [6, 6.07) is 6.66. The van der Waals surface area contributed by atoms with Gasteiger partial charge < -0.3 is 15.5 Å². The molecule has 0 radical (unpaired) electrons. The molecule has 0 aliphatic heterocycles. The van der Waals surface area contributed by atoms with Gasteiger partial charge in [0.1, 0.15) is 5.82 Å². The summed E-state index contributed by atoms with van der Waals surface area (Å²) < 4.78 is 26.5. The van der Waals surface area contributed by atoms with E-state index in [9.17, 15) is 23.4 Å². The van der Waals surface area contributed by atoms with Crippen LogP contribution in [0.5, 0.6) is 11.5 Å². The van der Waals surface area contributed by atoms with Gasteiger partial charge in [0, 0.05) is 23.5 Å². The maximum Gasteiger partial charge on any atom is 0.255 e. The van der Waals surface area contributed by atoms with Crippen LogP contribution in [0.3, 0.4) is 0 Å². The molecule has 0 spiro atoms. The first kappa shape index (κ1) is 18.0. The molecule has 4 N–H and O–H groups in total. The number of aromatic nitrogens is 1. The molecule has 3 rings (SSSR count). The van der Waals surface area contributed by atoms with E-state index in [1.165, 1.54) is 36.5 Å². The van der Waals surface area contributed by atoms with Gasteiger partial charge in [0.15, 0.2) is 11.5 Å². The van der Waals surface area contributed by atoms with Gasteiger partial charge in [-0.1, -0.05) is 12.8 Å². The predicted molar refractivity (Wildman–Crippen MR) is 96.7 cm³/mol. The first-order valence-electron chi connectivity index (χ1n) is 8.12. The zero-order valence-corrected chi connectivity index (χ0v) is 14.7. The molecule has 1 aromatic heterocycles. The van der Waals surface area contributed by atoms with E-state index in [4.69, 9.17) is 0 Å². The molecular formula is C17H19N3O5S. The first-order chi connectivity index (χ1) is 12.3. The Labute approximate surface area is 151 Å². The Hall–Kier alpha value is -2.81. The van der Waals surface area contributed by atoms with Gasteiger partial charge in [-0.05, 0) is 36.6 Å². The molecular weight excluding hydrogens is 358 g/mol. The normalized spacial score (nSPS) is 14.0. The number of carbonyl (C=O) groups is 1. The maximum atomic E-state index is 12.3. The van der Waals surface area contributed by atoms with Crippen LogP contribution in [0, 0.1) is 5.92 Å². The number of carbonyl (C=O) groups excluding carboxylic acids is 1. The van der Waals surface area contributed by atoms with Crippen LogP contribution >= 0.6 is 0 Å². The molecule has 1 fully saturated rings. The highest BCUT2D eigenvalue weighted by atomic mass is 32.2. The summed E-state index contributed by atoms with van der Waals surface area (Å²) in [5, 5.41) is 21.3. The monoisotopic (exact) mass is 377 g/mol. The minimum absolute atomic E-state index is 0.0303. The van der Waals surface area contributed by atoms with E-state index in [2.05, 4.69) is 15.0 Å². The van der Waals surface area contributed by atoms with Crippen LogP contribution in [0.4, 0.5) is 11.5 Å². The molecule has 8 nitrogen and oxygen atoms in total. The minimum atomic E-state index is -3.51. The van der Waals surface area contributed by atoms with Gasteiger partial charge in [-0.25, -0.2) is 13.4 Å². The molecule has 0 bridgehead atoms. The third-order valence-electron chi connectivity index (χ3n) is 4.01. The highest BCUT2D eigenvalue weighted by molar-refractivity contribution is 7.92. The summed E-state index contributed by atoms with van der Waals surface area (Å²) in [5.41, 5.74) is 0.487. The molecule has 2 aromatic rings. The van der Waals surface area contributed by atoms with E-state index >= 15 is 0 Å². The average Bonchev–Trinajstić information content (AvgIpc) is 3.41. The lowest BCUT2D eigenvalue weighted by Gasteiger charge is -2.09. The number of hydrogen-bond acceptors (Lipinski definition) is 6. The van der Waals surface area contributed by atoms with Gasteiger partial charge in [0.25, 0.3) is 5.91 Å². The van der Waals surface area contributed by atoms with Crippen molar-refractivity contribution in [1.29, 1.82) is 0 Å². The van der Waals surface area contributed by atoms with E-state index < -0.39 is 15.9 Å². The summed E-state index contributed by atoms with van der Waals surface area (Å²) >= 11 is 0. The third kappa shape index (κ3) is 4.85. The predicted octanol–water partition coefficient (Wildman–Crippen LogP) is 2.29. The fourth-order valence-electron chi connectivity index (χ4n) is 2.37. The lowest BCUT2D eigenvalue weighted by molar-refractivity contribution is 0.102. The van der Waals surface area contributed by atoms with Crippen LogP contribution < -0.4 is 10.0 Å². The van der Waals surface area contributed by atoms with Crippen molar-refractivity contribution in [3.8, 4) is 11.5 Å². The number of aromatic hydroxyl groups is 2. The van der Waals surface area contributed by atoms with E-state index in [1.54, 1.807) is 0 Å². The molecule has 0 atom stereocenters. The molecule has 1 heterocycles. The van der Waals surface area contributed by atoms with Crippen LogP contribution in [0.25, 0.3) is 0 Å². The van der Waals surface area contributed by atoms with Crippen molar-refractivity contribution < 1.29 is 23.4 Å². The Morgan fingerprint density at radius 1 is 1.15 bits per heavy atom. The number of anilines is 2. The molecule has 26 heavy (non-hydrogen) atoms. The number of benzene rings is 1. The number of rotatable bonds is 7. The van der Waals surface area contributed by atoms with Crippen molar-refractivity contribution in [2.75, 3.05) is 15.8 Å². The molecule has 0 unspecified atom stereocenters. The summed E-state index contributed by atoms with van der Waals surface area (Å²) in [6.07, 6.45) is 4.12. The van der Waals surface area contributed by atoms with Gasteiger partial charge >= 0.3 is 0 Å². The number of amides is 1. The van der Waals surface area contributed by atoms with Crippen molar-refractivity contribution in [3.05, 3.63) is 42.1 Å². The van der Waals surface area contributed by atoms with E-state index in [0.717, 1.165) is 12.8 Å². The highest BCUT2D eigenvalue weighted by Gasteiger charge is 2.24. The second kappa shape index (κ2) is 7.20. The fraction of sp³-hybridized carbons (Fsp3) is 0.294. The third-order valence-corrected chi connectivity index (χ3v) is 5.30. The van der Waals surface area contributed by atoms with Gasteiger partial charge in [-0.15, -0.1) is 0 Å². The van der Waals surface area contributed by atoms with E-state index in [1.807, 2.05) is 0 Å². The quantitative estimate of drug-likeness (QED) is 0.433. The zero-order valence-electron chi connectivity index (χ0n) is 13.8. The molecule has 1 aliphatic rings. The smallest absolute Gasteiger partial charge is 0.255 e. The Kier molecular flexibility index (Phi) is 4.99. The standard InChI is InChI=1S/C17H19N3O5S/c21-14-4-3-13(10-15(14)22)19-17(23)12-5-7-18-16(9-12)20-26(24,25)8-6-11-1-2-11/h3-5,7,9-11,21-22H,1-2,6,8H2,(H,18,20)(H,19,23). The number of phenolic OH excluding ortho intramolecular Hbond substituents is 2.